The van der Waals surface area contributed by atoms with E-state index in [0.29, 0.717) is 47.6 Å². The highest BCUT2D eigenvalue weighted by atomic mass is 35.5. The van der Waals surface area contributed by atoms with Crippen molar-refractivity contribution in [2.45, 2.75) is 32.9 Å². The number of rotatable bonds is 2. The molecule has 0 atom stereocenters. The van der Waals surface area contributed by atoms with Gasteiger partial charge in [0.2, 0.25) is 6.79 Å². The van der Waals surface area contributed by atoms with Gasteiger partial charge in [0.15, 0.2) is 17.3 Å². The molecule has 1 aromatic carbocycles. The summed E-state index contributed by atoms with van der Waals surface area (Å²) in [5.41, 5.74) is 0.487. The number of carbonyl (C=O) groups is 1. The SMILES string of the molecule is CC(C)c1nnc2n1CCN(C(=O)c1cc(Cl)c3c(c1)OCO3)C2. The van der Waals surface area contributed by atoms with Crippen LogP contribution in [0.2, 0.25) is 5.02 Å². The zero-order valence-corrected chi connectivity index (χ0v) is 14.2. The summed E-state index contributed by atoms with van der Waals surface area (Å²) in [5, 5.41) is 8.86. The Kier molecular flexibility index (Phi) is 3.60. The molecule has 0 saturated heterocycles. The first-order valence-corrected chi connectivity index (χ1v) is 8.23. The van der Waals surface area contributed by atoms with Gasteiger partial charge in [-0.25, -0.2) is 0 Å². The predicted octanol–water partition coefficient (Wildman–Crippen LogP) is 2.44. The number of nitrogens with zero attached hydrogens (tertiary/aromatic N) is 4. The monoisotopic (exact) mass is 348 g/mol. The van der Waals surface area contributed by atoms with Gasteiger partial charge in [0.1, 0.15) is 5.82 Å². The third-order valence-corrected chi connectivity index (χ3v) is 4.54. The summed E-state index contributed by atoms with van der Waals surface area (Å²) < 4.78 is 12.7. The molecule has 8 heteroatoms. The van der Waals surface area contributed by atoms with Gasteiger partial charge in [-0.05, 0) is 12.1 Å². The van der Waals surface area contributed by atoms with Crippen molar-refractivity contribution in [1.29, 1.82) is 0 Å². The van der Waals surface area contributed by atoms with Crippen LogP contribution in [0.4, 0.5) is 0 Å². The highest BCUT2D eigenvalue weighted by molar-refractivity contribution is 6.32. The van der Waals surface area contributed by atoms with E-state index in [0.717, 1.165) is 11.6 Å². The Balaban J connectivity index is 1.59. The molecule has 0 N–H and O–H groups in total. The lowest BCUT2D eigenvalue weighted by Gasteiger charge is -2.28. The van der Waals surface area contributed by atoms with E-state index < -0.39 is 0 Å². The minimum absolute atomic E-state index is 0.101. The van der Waals surface area contributed by atoms with E-state index in [1.54, 1.807) is 17.0 Å². The molecular weight excluding hydrogens is 332 g/mol. The molecule has 0 fully saturated rings. The van der Waals surface area contributed by atoms with Crippen molar-refractivity contribution in [2.75, 3.05) is 13.3 Å². The van der Waals surface area contributed by atoms with E-state index in [2.05, 4.69) is 28.6 Å². The number of fused-ring (bicyclic) bond motifs is 2. The molecular formula is C16H17ClN4O3. The summed E-state index contributed by atoms with van der Waals surface area (Å²) in [7, 11) is 0. The van der Waals surface area contributed by atoms with Gasteiger partial charge in [0.05, 0.1) is 11.6 Å². The zero-order chi connectivity index (χ0) is 16.8. The van der Waals surface area contributed by atoms with Crippen molar-refractivity contribution in [3.63, 3.8) is 0 Å². The van der Waals surface area contributed by atoms with Crippen LogP contribution in [0, 0.1) is 0 Å². The standard InChI is InChI=1S/C16H17ClN4O3/c1-9(2)15-19-18-13-7-20(3-4-21(13)15)16(22)10-5-11(17)14-12(6-10)23-8-24-14/h5-6,9H,3-4,7-8H2,1-2H3. The normalized spacial score (nSPS) is 15.8. The summed E-state index contributed by atoms with van der Waals surface area (Å²) in [6, 6.07) is 3.30. The summed E-state index contributed by atoms with van der Waals surface area (Å²) in [5.74, 6) is 2.98. The zero-order valence-electron chi connectivity index (χ0n) is 13.5. The average molecular weight is 349 g/mol. The molecule has 0 bridgehead atoms. The maximum absolute atomic E-state index is 12.8. The first kappa shape index (κ1) is 15.3. The van der Waals surface area contributed by atoms with Gasteiger partial charge in [-0.15, -0.1) is 10.2 Å². The molecule has 1 aromatic heterocycles. The Morgan fingerprint density at radius 2 is 2.08 bits per heavy atom. The van der Waals surface area contributed by atoms with Crippen molar-refractivity contribution in [3.8, 4) is 11.5 Å². The predicted molar refractivity (Wildman–Crippen MR) is 86.4 cm³/mol. The molecule has 4 rings (SSSR count). The van der Waals surface area contributed by atoms with Gasteiger partial charge in [-0.1, -0.05) is 25.4 Å². The lowest BCUT2D eigenvalue weighted by atomic mass is 10.1. The third kappa shape index (κ3) is 2.39. The topological polar surface area (TPSA) is 69.5 Å². The van der Waals surface area contributed by atoms with Crippen molar-refractivity contribution in [1.82, 2.24) is 19.7 Å². The highest BCUT2D eigenvalue weighted by Gasteiger charge is 2.28. The van der Waals surface area contributed by atoms with Crippen LogP contribution in [-0.2, 0) is 13.1 Å². The molecule has 1 amide bonds. The van der Waals surface area contributed by atoms with Crippen LogP contribution in [0.25, 0.3) is 0 Å². The Labute approximate surface area is 144 Å². The molecule has 2 aromatic rings. The molecule has 0 saturated carbocycles. The molecule has 2 aliphatic rings. The van der Waals surface area contributed by atoms with Crippen LogP contribution in [-0.4, -0.2) is 38.9 Å². The molecule has 0 radical (unpaired) electrons. The van der Waals surface area contributed by atoms with E-state index in [9.17, 15) is 4.79 Å². The summed E-state index contributed by atoms with van der Waals surface area (Å²) >= 11 is 6.17. The van der Waals surface area contributed by atoms with Gasteiger partial charge < -0.3 is 18.9 Å². The average Bonchev–Trinajstić information content (AvgIpc) is 3.20. The van der Waals surface area contributed by atoms with Crippen molar-refractivity contribution in [3.05, 3.63) is 34.4 Å². The van der Waals surface area contributed by atoms with E-state index in [1.165, 1.54) is 0 Å². The summed E-state index contributed by atoms with van der Waals surface area (Å²) in [6.07, 6.45) is 0. The van der Waals surface area contributed by atoms with E-state index in [1.807, 2.05) is 0 Å². The van der Waals surface area contributed by atoms with Crippen LogP contribution < -0.4 is 9.47 Å². The molecule has 24 heavy (non-hydrogen) atoms. The van der Waals surface area contributed by atoms with Gasteiger partial charge in [-0.3, -0.25) is 4.79 Å². The number of benzene rings is 1. The molecule has 0 spiro atoms. The summed E-state index contributed by atoms with van der Waals surface area (Å²) in [6.45, 7) is 6.03. The number of aromatic nitrogens is 3. The van der Waals surface area contributed by atoms with Crippen LogP contribution in [0.15, 0.2) is 12.1 Å². The fourth-order valence-electron chi connectivity index (χ4n) is 3.05. The molecule has 0 aliphatic carbocycles. The van der Waals surface area contributed by atoms with Crippen LogP contribution in [0.1, 0.15) is 41.8 Å². The second kappa shape index (κ2) is 5.66. The van der Waals surface area contributed by atoms with Crippen LogP contribution in [0.3, 0.4) is 0 Å². The van der Waals surface area contributed by atoms with Gasteiger partial charge in [0.25, 0.3) is 5.91 Å². The van der Waals surface area contributed by atoms with E-state index in [-0.39, 0.29) is 12.7 Å². The van der Waals surface area contributed by atoms with Crippen LogP contribution >= 0.6 is 11.6 Å². The lowest BCUT2D eigenvalue weighted by molar-refractivity contribution is 0.0706. The highest BCUT2D eigenvalue weighted by Crippen LogP contribution is 2.40. The molecule has 3 heterocycles. The fourth-order valence-corrected chi connectivity index (χ4v) is 3.32. The number of hydrogen-bond acceptors (Lipinski definition) is 5. The summed E-state index contributed by atoms with van der Waals surface area (Å²) in [4.78, 5) is 14.6. The van der Waals surface area contributed by atoms with Gasteiger partial charge >= 0.3 is 0 Å². The van der Waals surface area contributed by atoms with E-state index >= 15 is 0 Å². The number of hydrogen-bond donors (Lipinski definition) is 0. The first-order valence-electron chi connectivity index (χ1n) is 7.85. The van der Waals surface area contributed by atoms with Crippen molar-refractivity contribution >= 4 is 17.5 Å². The van der Waals surface area contributed by atoms with Gasteiger partial charge in [0, 0.05) is 24.6 Å². The van der Waals surface area contributed by atoms with Crippen molar-refractivity contribution < 1.29 is 14.3 Å². The Morgan fingerprint density at radius 1 is 1.25 bits per heavy atom. The third-order valence-electron chi connectivity index (χ3n) is 4.26. The lowest BCUT2D eigenvalue weighted by Crippen LogP contribution is -2.38. The van der Waals surface area contributed by atoms with Gasteiger partial charge in [-0.2, -0.15) is 0 Å². The minimum atomic E-state index is -0.101. The largest absolute Gasteiger partial charge is 0.454 e. The molecule has 2 aliphatic heterocycles. The quantitative estimate of drug-likeness (QED) is 0.833. The van der Waals surface area contributed by atoms with Crippen LogP contribution in [0.5, 0.6) is 11.5 Å². The second-order valence-electron chi connectivity index (χ2n) is 6.20. The molecule has 0 unspecified atom stereocenters. The Bertz CT molecular complexity index is 818. The fraction of sp³-hybridized carbons (Fsp3) is 0.438. The Morgan fingerprint density at radius 3 is 2.88 bits per heavy atom. The van der Waals surface area contributed by atoms with Crippen molar-refractivity contribution in [2.24, 2.45) is 0 Å². The minimum Gasteiger partial charge on any atom is -0.454 e. The Hall–Kier alpha value is -2.28. The van der Waals surface area contributed by atoms with E-state index in [4.69, 9.17) is 21.1 Å². The molecule has 7 nitrogen and oxygen atoms in total. The first-order chi connectivity index (χ1) is 11.5. The number of carbonyl (C=O) groups excluding carboxylic acids is 1. The number of ether oxygens (including phenoxy) is 2. The number of halogens is 1. The molecule has 126 valence electrons. The number of amides is 1. The maximum Gasteiger partial charge on any atom is 0.254 e. The smallest absolute Gasteiger partial charge is 0.254 e. The maximum atomic E-state index is 12.8. The second-order valence-corrected chi connectivity index (χ2v) is 6.61.